The molecule has 0 spiro atoms. The van der Waals surface area contributed by atoms with E-state index in [0.717, 1.165) is 5.56 Å². The fourth-order valence-corrected chi connectivity index (χ4v) is 5.16. The fourth-order valence-electron chi connectivity index (χ4n) is 3.77. The summed E-state index contributed by atoms with van der Waals surface area (Å²) in [7, 11) is -3.81. The Kier molecular flexibility index (Phi) is 6.91. The predicted molar refractivity (Wildman–Crippen MR) is 123 cm³/mol. The smallest absolute Gasteiger partial charge is 0.224 e. The van der Waals surface area contributed by atoms with E-state index in [0.29, 0.717) is 23.1 Å². The lowest BCUT2D eigenvalue weighted by Crippen LogP contribution is -2.32. The van der Waals surface area contributed by atoms with Crippen molar-refractivity contribution in [3.8, 4) is 17.3 Å². The highest BCUT2D eigenvalue weighted by Crippen LogP contribution is 2.34. The molecule has 1 aliphatic rings. The molecule has 1 aliphatic heterocycles. The molecule has 182 valence electrons. The number of nitrogens with zero attached hydrogens (tertiary/aromatic N) is 6. The molecule has 0 saturated heterocycles. The van der Waals surface area contributed by atoms with E-state index >= 15 is 0 Å². The van der Waals surface area contributed by atoms with Crippen LogP contribution < -0.4 is 4.74 Å². The summed E-state index contributed by atoms with van der Waals surface area (Å²) in [5, 5.41) is 17.4. The largest absolute Gasteiger partial charge is 0.475 e. The number of aliphatic hydroxyl groups excluding tert-OH is 1. The van der Waals surface area contributed by atoms with Gasteiger partial charge in [-0.1, -0.05) is 0 Å². The van der Waals surface area contributed by atoms with Gasteiger partial charge in [-0.25, -0.2) is 23.4 Å². The molecule has 4 rings (SSSR count). The second-order valence-electron chi connectivity index (χ2n) is 8.55. The van der Waals surface area contributed by atoms with Gasteiger partial charge in [-0.3, -0.25) is 0 Å². The van der Waals surface area contributed by atoms with Crippen molar-refractivity contribution in [1.82, 2.24) is 29.7 Å². The Morgan fingerprint density at radius 3 is 2.62 bits per heavy atom. The van der Waals surface area contributed by atoms with E-state index in [1.54, 1.807) is 42.2 Å². The fraction of sp³-hybridized carbons (Fsp3) is 0.500. The maximum Gasteiger partial charge on any atom is 0.224 e. The number of rotatable bonds is 8. The van der Waals surface area contributed by atoms with Crippen molar-refractivity contribution in [2.75, 3.05) is 13.2 Å². The third-order valence-electron chi connectivity index (χ3n) is 5.56. The van der Waals surface area contributed by atoms with Crippen LogP contribution in [-0.4, -0.2) is 67.8 Å². The van der Waals surface area contributed by atoms with Gasteiger partial charge in [-0.15, -0.1) is 10.2 Å². The van der Waals surface area contributed by atoms with Gasteiger partial charge in [-0.05, 0) is 45.4 Å². The molecule has 0 amide bonds. The minimum absolute atomic E-state index is 0.102. The van der Waals surface area contributed by atoms with Crippen LogP contribution in [0.1, 0.15) is 50.1 Å². The molecule has 0 fully saturated rings. The minimum atomic E-state index is -3.81. The first-order valence-electron chi connectivity index (χ1n) is 11.0. The number of aryl methyl sites for hydroxylation is 1. The second kappa shape index (κ2) is 9.72. The lowest BCUT2D eigenvalue weighted by Gasteiger charge is -2.25. The Morgan fingerprint density at radius 2 is 1.94 bits per heavy atom. The van der Waals surface area contributed by atoms with Crippen LogP contribution in [0, 0.1) is 6.92 Å². The molecule has 0 unspecified atom stereocenters. The normalized spacial score (nSPS) is 17.4. The van der Waals surface area contributed by atoms with Crippen LogP contribution in [0.25, 0.3) is 11.4 Å². The molecule has 11 nitrogen and oxygen atoms in total. The Balaban J connectivity index is 1.69. The number of hydrogen-bond donors (Lipinski definition) is 1. The average Bonchev–Trinajstić information content (AvgIpc) is 3.12. The summed E-state index contributed by atoms with van der Waals surface area (Å²) >= 11 is 0. The molecular formula is C22H28N6O5S. The molecule has 0 aromatic carbocycles. The van der Waals surface area contributed by atoms with E-state index < -0.39 is 33.0 Å². The number of hydrogen-bond acceptors (Lipinski definition) is 10. The molecule has 3 atom stereocenters. The number of aromatic nitrogens is 6. The summed E-state index contributed by atoms with van der Waals surface area (Å²) < 4.78 is 40.4. The maximum atomic E-state index is 13.6. The highest BCUT2D eigenvalue weighted by atomic mass is 32.2. The molecule has 0 aliphatic carbocycles. The van der Waals surface area contributed by atoms with Gasteiger partial charge in [0.15, 0.2) is 21.5 Å². The Labute approximate surface area is 198 Å². The van der Waals surface area contributed by atoms with Crippen molar-refractivity contribution in [1.29, 1.82) is 0 Å². The molecule has 34 heavy (non-hydrogen) atoms. The Hall–Kier alpha value is -2.96. The van der Waals surface area contributed by atoms with Crippen molar-refractivity contribution in [2.45, 2.75) is 56.9 Å². The SMILES string of the molecule is Cc1cnc([C@@H](OC(C)C)[C@H](C)S(=O)(=O)Cc2nnc3n2[C@@H](CO)COc2ncccc2-3)nc1. The Bertz CT molecular complexity index is 1240. The zero-order valence-corrected chi connectivity index (χ0v) is 20.3. The van der Waals surface area contributed by atoms with Gasteiger partial charge in [0.2, 0.25) is 5.88 Å². The predicted octanol–water partition coefficient (Wildman–Crippen LogP) is 1.83. The third-order valence-corrected chi connectivity index (χ3v) is 7.60. The number of ether oxygens (including phenoxy) is 2. The van der Waals surface area contributed by atoms with Crippen LogP contribution >= 0.6 is 0 Å². The maximum absolute atomic E-state index is 13.6. The molecule has 0 saturated carbocycles. The van der Waals surface area contributed by atoms with Gasteiger partial charge >= 0.3 is 0 Å². The van der Waals surface area contributed by atoms with Crippen LogP contribution in [0.5, 0.6) is 5.88 Å². The Morgan fingerprint density at radius 1 is 1.21 bits per heavy atom. The minimum Gasteiger partial charge on any atom is -0.475 e. The molecule has 3 aromatic heterocycles. The van der Waals surface area contributed by atoms with E-state index in [-0.39, 0.29) is 25.1 Å². The van der Waals surface area contributed by atoms with Gasteiger partial charge in [-0.2, -0.15) is 0 Å². The van der Waals surface area contributed by atoms with Crippen LogP contribution in [0.3, 0.4) is 0 Å². The summed E-state index contributed by atoms with van der Waals surface area (Å²) in [5.74, 6) is 0.856. The summed E-state index contributed by atoms with van der Waals surface area (Å²) in [6, 6.07) is 2.93. The highest BCUT2D eigenvalue weighted by molar-refractivity contribution is 7.91. The highest BCUT2D eigenvalue weighted by Gasteiger charge is 2.37. The lowest BCUT2D eigenvalue weighted by molar-refractivity contribution is 0.00140. The quantitative estimate of drug-likeness (QED) is 0.499. The van der Waals surface area contributed by atoms with Crippen LogP contribution in [0.15, 0.2) is 30.7 Å². The summed E-state index contributed by atoms with van der Waals surface area (Å²) in [5.41, 5.74) is 1.44. The summed E-state index contributed by atoms with van der Waals surface area (Å²) in [6.07, 6.45) is 3.76. The van der Waals surface area contributed by atoms with Gasteiger partial charge in [0.25, 0.3) is 0 Å². The molecule has 1 N–H and O–H groups in total. The van der Waals surface area contributed by atoms with Gasteiger partial charge in [0, 0.05) is 18.6 Å². The second-order valence-corrected chi connectivity index (χ2v) is 10.9. The number of fused-ring (bicyclic) bond motifs is 3. The number of sulfone groups is 1. The van der Waals surface area contributed by atoms with Gasteiger partial charge < -0.3 is 19.1 Å². The molecule has 0 bridgehead atoms. The van der Waals surface area contributed by atoms with E-state index in [1.165, 1.54) is 0 Å². The van der Waals surface area contributed by atoms with Crippen molar-refractivity contribution >= 4 is 9.84 Å². The van der Waals surface area contributed by atoms with E-state index in [4.69, 9.17) is 9.47 Å². The molecular weight excluding hydrogens is 460 g/mol. The van der Waals surface area contributed by atoms with Gasteiger partial charge in [0.1, 0.15) is 24.3 Å². The topological polar surface area (TPSA) is 142 Å². The monoisotopic (exact) mass is 488 g/mol. The van der Waals surface area contributed by atoms with Crippen molar-refractivity contribution < 1.29 is 23.0 Å². The lowest BCUT2D eigenvalue weighted by atomic mass is 10.2. The van der Waals surface area contributed by atoms with Crippen LogP contribution in [0.2, 0.25) is 0 Å². The van der Waals surface area contributed by atoms with Crippen molar-refractivity contribution in [2.24, 2.45) is 0 Å². The van der Waals surface area contributed by atoms with E-state index in [9.17, 15) is 13.5 Å². The standard InChI is InChI=1S/C22H28N6O5S/c1-13(2)33-19(20-24-8-14(3)9-25-20)15(4)34(30,31)12-18-26-27-21-17-6-5-7-23-22(17)32-11-16(10-29)28(18)21/h5-9,13,15-16,19,29H,10-12H2,1-4H3/t15-,16-,19-/m0/s1. The first kappa shape index (κ1) is 24.2. The first-order chi connectivity index (χ1) is 16.2. The molecule has 3 aromatic rings. The molecule has 4 heterocycles. The van der Waals surface area contributed by atoms with Crippen molar-refractivity contribution in [3.05, 3.63) is 47.9 Å². The van der Waals surface area contributed by atoms with E-state index in [1.807, 2.05) is 20.8 Å². The van der Waals surface area contributed by atoms with Crippen LogP contribution in [-0.2, 0) is 20.3 Å². The van der Waals surface area contributed by atoms with Crippen LogP contribution in [0.4, 0.5) is 0 Å². The third kappa shape index (κ3) is 4.79. The summed E-state index contributed by atoms with van der Waals surface area (Å²) in [6.45, 7) is 6.92. The van der Waals surface area contributed by atoms with Crippen molar-refractivity contribution in [3.63, 3.8) is 0 Å². The zero-order chi connectivity index (χ0) is 24.5. The van der Waals surface area contributed by atoms with Gasteiger partial charge in [0.05, 0.1) is 29.6 Å². The summed E-state index contributed by atoms with van der Waals surface area (Å²) in [4.78, 5) is 12.8. The molecule has 0 radical (unpaired) electrons. The number of pyridine rings is 1. The first-order valence-corrected chi connectivity index (χ1v) is 12.7. The van der Waals surface area contributed by atoms with E-state index in [2.05, 4.69) is 25.1 Å². The number of aliphatic hydroxyl groups is 1. The zero-order valence-electron chi connectivity index (χ0n) is 19.5. The molecule has 12 heteroatoms. The average molecular weight is 489 g/mol.